The zero-order chi connectivity index (χ0) is 35.5. The third kappa shape index (κ3) is 11.4. The molecule has 0 aliphatic rings. The van der Waals surface area contributed by atoms with Gasteiger partial charge in [-0.15, -0.1) is 0 Å². The zero-order valence-corrected chi connectivity index (χ0v) is 27.2. The third-order valence-corrected chi connectivity index (χ3v) is 6.94. The number of aromatic nitrogens is 8. The van der Waals surface area contributed by atoms with Gasteiger partial charge in [-0.1, -0.05) is 0 Å². The molecule has 0 unspecified atom stereocenters. The lowest BCUT2D eigenvalue weighted by Gasteiger charge is -2.24. The van der Waals surface area contributed by atoms with E-state index in [9.17, 15) is 19.3 Å². The molecule has 0 aliphatic heterocycles. The number of nitrogen functional groups attached to an aromatic ring is 2. The molecule has 0 radical (unpaired) electrons. The van der Waals surface area contributed by atoms with Crippen LogP contribution in [-0.4, -0.2) is 135 Å². The first-order chi connectivity index (χ1) is 22.7. The molecule has 26 heteroatoms. The highest BCUT2D eigenvalue weighted by Gasteiger charge is 2.26. The minimum Gasteiger partial charge on any atom is -0.392 e. The molecule has 4 aromatic heterocycles. The van der Waals surface area contributed by atoms with Crippen LogP contribution >= 0.6 is 15.6 Å². The van der Waals surface area contributed by atoms with E-state index in [1.54, 1.807) is 0 Å². The van der Waals surface area contributed by atoms with Crippen LogP contribution < -0.4 is 11.5 Å². The van der Waals surface area contributed by atoms with Crippen LogP contribution in [0.2, 0.25) is 0 Å². The van der Waals surface area contributed by atoms with Crippen molar-refractivity contribution in [3.8, 4) is 0 Å². The fraction of sp³-hybridized carbons (Fsp3) is 0.545. The number of rotatable bonds is 18. The highest BCUT2D eigenvalue weighted by Crippen LogP contribution is 2.37. The highest BCUT2D eigenvalue weighted by atomic mass is 31.2. The molecule has 0 bridgehead atoms. The van der Waals surface area contributed by atoms with Crippen LogP contribution in [0.5, 0.6) is 0 Å². The molecule has 4 heterocycles. The molecule has 0 saturated heterocycles. The summed E-state index contributed by atoms with van der Waals surface area (Å²) in [6.07, 6.45) is 1.64. The molecule has 0 amide bonds. The summed E-state index contributed by atoms with van der Waals surface area (Å²) in [6, 6.07) is 0. The number of nitrogens with zero attached hydrogens (tertiary/aromatic N) is 8. The topological polar surface area (TPSA) is 350 Å². The van der Waals surface area contributed by atoms with Crippen LogP contribution in [0.25, 0.3) is 22.3 Å². The van der Waals surface area contributed by atoms with Crippen molar-refractivity contribution in [3.05, 3.63) is 25.3 Å². The Labute approximate surface area is 271 Å². The van der Waals surface area contributed by atoms with Crippen molar-refractivity contribution in [2.75, 3.05) is 65.3 Å². The normalized spacial score (nSPS) is 14.8. The number of imidazole rings is 2. The maximum absolute atomic E-state index is 10.8. The van der Waals surface area contributed by atoms with Crippen LogP contribution in [0, 0.1) is 0 Å². The predicted octanol–water partition coefficient (Wildman–Crippen LogP) is -1.92. The Kier molecular flexibility index (Phi) is 14.6. The fourth-order valence-electron chi connectivity index (χ4n) is 3.98. The van der Waals surface area contributed by atoms with Gasteiger partial charge in [0, 0.05) is 14.2 Å². The van der Waals surface area contributed by atoms with Gasteiger partial charge < -0.3 is 60.2 Å². The number of ether oxygens (including phenoxy) is 4. The van der Waals surface area contributed by atoms with Crippen molar-refractivity contribution < 1.29 is 66.9 Å². The minimum absolute atomic E-state index is 0.0136. The Morgan fingerprint density at radius 1 is 0.667 bits per heavy atom. The molecule has 0 aliphatic carbocycles. The van der Waals surface area contributed by atoms with Crippen molar-refractivity contribution in [2.24, 2.45) is 0 Å². The van der Waals surface area contributed by atoms with Gasteiger partial charge in [0.2, 0.25) is 0 Å². The van der Waals surface area contributed by atoms with Gasteiger partial charge in [0.25, 0.3) is 0 Å². The lowest BCUT2D eigenvalue weighted by molar-refractivity contribution is -0.114. The molecule has 0 aromatic carbocycles. The number of aliphatic hydroxyl groups is 2. The first-order valence-corrected chi connectivity index (χ1v) is 16.5. The van der Waals surface area contributed by atoms with Gasteiger partial charge in [0.1, 0.15) is 35.9 Å². The summed E-state index contributed by atoms with van der Waals surface area (Å²) in [7, 11) is -6.53. The molecule has 268 valence electrons. The molecule has 4 aromatic rings. The quantitative estimate of drug-likeness (QED) is 0.0518. The van der Waals surface area contributed by atoms with E-state index in [1.807, 2.05) is 0 Å². The van der Waals surface area contributed by atoms with Crippen molar-refractivity contribution in [2.45, 2.75) is 24.7 Å². The van der Waals surface area contributed by atoms with Crippen LogP contribution in [0.1, 0.15) is 12.5 Å². The van der Waals surface area contributed by atoms with Crippen LogP contribution in [0.4, 0.5) is 11.6 Å². The van der Waals surface area contributed by atoms with E-state index in [2.05, 4.69) is 39.0 Å². The molecule has 0 spiro atoms. The lowest BCUT2D eigenvalue weighted by atomic mass is 10.4. The van der Waals surface area contributed by atoms with E-state index in [0.29, 0.717) is 22.3 Å². The summed E-state index contributed by atoms with van der Waals surface area (Å²) >= 11 is 0. The maximum Gasteiger partial charge on any atom is 0.469 e. The lowest BCUT2D eigenvalue weighted by Crippen LogP contribution is -2.30. The van der Waals surface area contributed by atoms with Crippen molar-refractivity contribution >= 4 is 49.6 Å². The first-order valence-electron chi connectivity index (χ1n) is 13.5. The van der Waals surface area contributed by atoms with E-state index in [-0.39, 0.29) is 24.8 Å². The highest BCUT2D eigenvalue weighted by molar-refractivity contribution is 7.46. The smallest absolute Gasteiger partial charge is 0.392 e. The Bertz CT molecular complexity index is 1560. The molecule has 24 nitrogen and oxygen atoms in total. The summed E-state index contributed by atoms with van der Waals surface area (Å²) in [5, 5.41) is 19.2. The van der Waals surface area contributed by atoms with Gasteiger partial charge in [-0.05, 0) is 0 Å². The van der Waals surface area contributed by atoms with E-state index in [1.165, 1.54) is 48.7 Å². The average molecular weight is 727 g/mol. The fourth-order valence-corrected chi connectivity index (χ4v) is 4.71. The van der Waals surface area contributed by atoms with Gasteiger partial charge in [-0.2, -0.15) is 0 Å². The summed E-state index contributed by atoms with van der Waals surface area (Å²) < 4.78 is 54.4. The molecule has 10 N–H and O–H groups in total. The van der Waals surface area contributed by atoms with Gasteiger partial charge >= 0.3 is 15.6 Å². The van der Waals surface area contributed by atoms with Crippen molar-refractivity contribution in [1.82, 2.24) is 39.0 Å². The van der Waals surface area contributed by atoms with E-state index >= 15 is 0 Å². The summed E-state index contributed by atoms with van der Waals surface area (Å²) in [4.78, 5) is 58.9. The van der Waals surface area contributed by atoms with Gasteiger partial charge in [-0.25, -0.2) is 39.0 Å². The maximum atomic E-state index is 10.8. The Morgan fingerprint density at radius 2 is 1.04 bits per heavy atom. The number of aliphatic hydroxyl groups excluding tert-OH is 2. The number of methoxy groups -OCH3 is 2. The standard InChI is InChI=1S/2C11H18N5O7P/c2*1-21-3-7(4-22-24(18,19)20)23-8(2-17)16-6-15-9-10(12)13-5-14-11(9)16/h2*5-8,17H,2-4H2,1H3,(H2,12,13,14)(H2,18,19,20)/t7-,8+;7-,8-/m00/s1. The monoisotopic (exact) mass is 726 g/mol. The largest absolute Gasteiger partial charge is 0.469 e. The average Bonchev–Trinajstić information content (AvgIpc) is 3.66. The molecular weight excluding hydrogens is 690 g/mol. The van der Waals surface area contributed by atoms with Gasteiger partial charge in [0.05, 0.1) is 52.3 Å². The second kappa shape index (κ2) is 17.9. The van der Waals surface area contributed by atoms with Crippen molar-refractivity contribution in [3.63, 3.8) is 0 Å². The summed E-state index contributed by atoms with van der Waals surface area (Å²) in [5.41, 5.74) is 12.8. The summed E-state index contributed by atoms with van der Waals surface area (Å²) in [6.45, 7) is -1.80. The Hall–Kier alpha value is -3.32. The molecule has 4 rings (SSSR count). The number of hydrogen-bond donors (Lipinski definition) is 8. The number of phosphoric acid groups is 2. The number of fused-ring (bicyclic) bond motifs is 2. The van der Waals surface area contributed by atoms with E-state index in [0.717, 1.165) is 0 Å². The first kappa shape index (κ1) is 39.1. The molecule has 48 heavy (non-hydrogen) atoms. The molecule has 0 saturated carbocycles. The molecule has 4 atom stereocenters. The summed E-state index contributed by atoms with van der Waals surface area (Å²) in [5.74, 6) is 0.349. The zero-order valence-electron chi connectivity index (χ0n) is 25.4. The van der Waals surface area contributed by atoms with Gasteiger partial charge in [-0.3, -0.25) is 18.2 Å². The SMILES string of the molecule is COC[C@@H](COP(=O)(O)O)O[C@@H](CO)n1cnc2c(N)ncnc21.COC[C@@H](COP(=O)(O)O)O[C@H](CO)n1cnc2c(N)ncnc21. The third-order valence-electron chi connectivity index (χ3n) is 5.97. The van der Waals surface area contributed by atoms with Crippen LogP contribution in [-0.2, 0) is 37.1 Å². The number of nitrogens with two attached hydrogens (primary N) is 2. The van der Waals surface area contributed by atoms with Gasteiger partial charge in [0.15, 0.2) is 35.4 Å². The van der Waals surface area contributed by atoms with Crippen molar-refractivity contribution in [1.29, 1.82) is 0 Å². The number of hydrogen-bond acceptors (Lipinski definition) is 18. The van der Waals surface area contributed by atoms with E-state index < -0.39 is 66.7 Å². The number of anilines is 2. The van der Waals surface area contributed by atoms with Crippen LogP contribution in [0.3, 0.4) is 0 Å². The van der Waals surface area contributed by atoms with Crippen LogP contribution in [0.15, 0.2) is 25.3 Å². The Morgan fingerprint density at radius 3 is 1.35 bits per heavy atom. The minimum atomic E-state index is -4.66. The second-order valence-electron chi connectivity index (χ2n) is 9.44. The number of phosphoric ester groups is 2. The molecule has 0 fully saturated rings. The molecular formula is C22H36N10O14P2. The van der Waals surface area contributed by atoms with E-state index in [4.69, 9.17) is 50.0 Å². The second-order valence-corrected chi connectivity index (χ2v) is 11.9. The predicted molar refractivity (Wildman–Crippen MR) is 161 cm³/mol. The Balaban J connectivity index is 0.000000260.